The molecule has 33 heavy (non-hydrogen) atoms. The molecule has 0 aliphatic rings. The maximum Gasteiger partial charge on any atom is 0.265 e. The molecule has 174 valence electrons. The number of benzene rings is 3. The number of amides is 1. The van der Waals surface area contributed by atoms with E-state index in [0.717, 1.165) is 5.56 Å². The maximum absolute atomic E-state index is 13.1. The summed E-state index contributed by atoms with van der Waals surface area (Å²) in [6.45, 7) is 3.63. The quantitative estimate of drug-likeness (QED) is 0.469. The third-order valence-corrected chi connectivity index (χ3v) is 6.17. The van der Waals surface area contributed by atoms with Crippen LogP contribution in [-0.2, 0) is 14.8 Å². The van der Waals surface area contributed by atoms with Gasteiger partial charge in [0.05, 0.1) is 17.7 Å². The SMILES string of the molecule is CC[C@@H](Oc1ccc(F)cc1)C(=O)Nc1ccc(S(=O)(=O)Nc2cc(C)ccc2OC)cc1. The molecule has 3 aromatic carbocycles. The van der Waals surface area contributed by atoms with Gasteiger partial charge in [-0.25, -0.2) is 12.8 Å². The van der Waals surface area contributed by atoms with Gasteiger partial charge in [-0.1, -0.05) is 13.0 Å². The van der Waals surface area contributed by atoms with Crippen LogP contribution in [0.5, 0.6) is 11.5 Å². The van der Waals surface area contributed by atoms with E-state index in [-0.39, 0.29) is 4.90 Å². The lowest BCUT2D eigenvalue weighted by atomic mass is 10.2. The highest BCUT2D eigenvalue weighted by Gasteiger charge is 2.20. The number of halogens is 1. The second-order valence-electron chi connectivity index (χ2n) is 7.29. The van der Waals surface area contributed by atoms with Gasteiger partial charge in [-0.3, -0.25) is 9.52 Å². The van der Waals surface area contributed by atoms with E-state index in [0.29, 0.717) is 29.3 Å². The largest absolute Gasteiger partial charge is 0.495 e. The van der Waals surface area contributed by atoms with E-state index >= 15 is 0 Å². The molecule has 2 N–H and O–H groups in total. The van der Waals surface area contributed by atoms with Crippen molar-refractivity contribution < 1.29 is 27.1 Å². The molecule has 7 nitrogen and oxygen atoms in total. The van der Waals surface area contributed by atoms with Gasteiger partial charge < -0.3 is 14.8 Å². The number of nitrogens with one attached hydrogen (secondary N) is 2. The summed E-state index contributed by atoms with van der Waals surface area (Å²) in [5.74, 6) is -0.0254. The van der Waals surface area contributed by atoms with Crippen molar-refractivity contribution in [2.45, 2.75) is 31.3 Å². The lowest BCUT2D eigenvalue weighted by molar-refractivity contribution is -0.122. The molecule has 0 fully saturated rings. The van der Waals surface area contributed by atoms with Gasteiger partial charge in [-0.05, 0) is 79.6 Å². The number of ether oxygens (including phenoxy) is 2. The molecule has 0 saturated heterocycles. The van der Waals surface area contributed by atoms with Crippen molar-refractivity contribution in [3.05, 3.63) is 78.1 Å². The lowest BCUT2D eigenvalue weighted by Crippen LogP contribution is -2.32. The average Bonchev–Trinajstić information content (AvgIpc) is 2.79. The summed E-state index contributed by atoms with van der Waals surface area (Å²) >= 11 is 0. The Morgan fingerprint density at radius 2 is 1.70 bits per heavy atom. The van der Waals surface area contributed by atoms with E-state index in [4.69, 9.17) is 9.47 Å². The molecule has 3 rings (SSSR count). The number of aryl methyl sites for hydroxylation is 1. The third kappa shape index (κ3) is 6.23. The number of carbonyl (C=O) groups is 1. The number of anilines is 2. The predicted octanol–water partition coefficient (Wildman–Crippen LogP) is 4.74. The van der Waals surface area contributed by atoms with Crippen LogP contribution in [0.4, 0.5) is 15.8 Å². The van der Waals surface area contributed by atoms with Crippen LogP contribution in [0.1, 0.15) is 18.9 Å². The highest BCUT2D eigenvalue weighted by molar-refractivity contribution is 7.92. The fraction of sp³-hybridized carbons (Fsp3) is 0.208. The second-order valence-corrected chi connectivity index (χ2v) is 8.97. The minimum absolute atomic E-state index is 0.0265. The Balaban J connectivity index is 1.69. The summed E-state index contributed by atoms with van der Waals surface area (Å²) < 4.78 is 52.0. The zero-order valence-corrected chi connectivity index (χ0v) is 19.3. The Bertz CT molecular complexity index is 1210. The Labute approximate surface area is 192 Å². The van der Waals surface area contributed by atoms with Crippen LogP contribution in [0, 0.1) is 12.7 Å². The molecular formula is C24H25FN2O5S. The van der Waals surface area contributed by atoms with E-state index in [1.807, 2.05) is 13.0 Å². The zero-order valence-electron chi connectivity index (χ0n) is 18.5. The fourth-order valence-corrected chi connectivity index (χ4v) is 4.11. The fourth-order valence-electron chi connectivity index (χ4n) is 3.05. The first-order valence-electron chi connectivity index (χ1n) is 10.2. The molecule has 0 saturated carbocycles. The minimum atomic E-state index is -3.87. The van der Waals surface area contributed by atoms with Gasteiger partial charge in [-0.2, -0.15) is 0 Å². The summed E-state index contributed by atoms with van der Waals surface area (Å²) in [4.78, 5) is 12.6. The van der Waals surface area contributed by atoms with Crippen molar-refractivity contribution in [3.63, 3.8) is 0 Å². The molecular weight excluding hydrogens is 447 g/mol. The first-order valence-corrected chi connectivity index (χ1v) is 11.7. The highest BCUT2D eigenvalue weighted by Crippen LogP contribution is 2.28. The van der Waals surface area contributed by atoms with E-state index in [2.05, 4.69) is 10.0 Å². The van der Waals surface area contributed by atoms with Crippen molar-refractivity contribution in [1.29, 1.82) is 0 Å². The van der Waals surface area contributed by atoms with Gasteiger partial charge in [0.25, 0.3) is 15.9 Å². The van der Waals surface area contributed by atoms with Gasteiger partial charge in [0.2, 0.25) is 0 Å². The molecule has 0 aliphatic carbocycles. The molecule has 0 aliphatic heterocycles. The summed E-state index contributed by atoms with van der Waals surface area (Å²) in [7, 11) is -2.41. The number of hydrogen-bond acceptors (Lipinski definition) is 5. The van der Waals surface area contributed by atoms with Crippen LogP contribution in [0.2, 0.25) is 0 Å². The number of carbonyl (C=O) groups excluding carboxylic acids is 1. The summed E-state index contributed by atoms with van der Waals surface area (Å²) in [5.41, 5.74) is 1.62. The van der Waals surface area contributed by atoms with E-state index < -0.39 is 27.9 Å². The van der Waals surface area contributed by atoms with Crippen LogP contribution in [0.15, 0.2) is 71.6 Å². The Hall–Kier alpha value is -3.59. The molecule has 3 aromatic rings. The summed E-state index contributed by atoms with van der Waals surface area (Å²) in [6, 6.07) is 16.3. The Kier molecular flexibility index (Phi) is 7.55. The van der Waals surface area contributed by atoms with E-state index in [9.17, 15) is 17.6 Å². The number of rotatable bonds is 9. The van der Waals surface area contributed by atoms with Crippen LogP contribution in [0.3, 0.4) is 0 Å². The molecule has 9 heteroatoms. The molecule has 0 unspecified atom stereocenters. The van der Waals surface area contributed by atoms with Crippen LogP contribution in [0.25, 0.3) is 0 Å². The molecule has 1 amide bonds. The van der Waals surface area contributed by atoms with E-state index in [1.165, 1.54) is 55.6 Å². The molecule has 0 bridgehead atoms. The van der Waals surface area contributed by atoms with Gasteiger partial charge in [0.1, 0.15) is 17.3 Å². The molecule has 0 radical (unpaired) electrons. The van der Waals surface area contributed by atoms with Crippen molar-refractivity contribution >= 4 is 27.3 Å². The maximum atomic E-state index is 13.1. The van der Waals surface area contributed by atoms with Gasteiger partial charge >= 0.3 is 0 Å². The number of methoxy groups -OCH3 is 1. The zero-order chi connectivity index (χ0) is 24.0. The summed E-state index contributed by atoms with van der Waals surface area (Å²) in [6.07, 6.45) is -0.410. The van der Waals surface area contributed by atoms with Crippen molar-refractivity contribution in [3.8, 4) is 11.5 Å². The smallest absolute Gasteiger partial charge is 0.265 e. The minimum Gasteiger partial charge on any atom is -0.495 e. The third-order valence-electron chi connectivity index (χ3n) is 4.79. The van der Waals surface area contributed by atoms with Crippen molar-refractivity contribution in [2.75, 3.05) is 17.1 Å². The van der Waals surface area contributed by atoms with Crippen LogP contribution >= 0.6 is 0 Å². The first-order chi connectivity index (χ1) is 15.7. The topological polar surface area (TPSA) is 93.7 Å². The average molecular weight is 473 g/mol. The Morgan fingerprint density at radius 1 is 1.03 bits per heavy atom. The van der Waals surface area contributed by atoms with E-state index in [1.54, 1.807) is 19.1 Å². The van der Waals surface area contributed by atoms with Gasteiger partial charge in [-0.15, -0.1) is 0 Å². The molecule has 1 atom stereocenters. The normalized spacial score (nSPS) is 12.0. The van der Waals surface area contributed by atoms with Crippen molar-refractivity contribution in [1.82, 2.24) is 0 Å². The molecule has 0 aromatic heterocycles. The Morgan fingerprint density at radius 3 is 2.30 bits per heavy atom. The molecule has 0 spiro atoms. The van der Waals surface area contributed by atoms with Crippen molar-refractivity contribution in [2.24, 2.45) is 0 Å². The second kappa shape index (κ2) is 10.4. The predicted molar refractivity (Wildman–Crippen MR) is 125 cm³/mol. The van der Waals surface area contributed by atoms with Crippen LogP contribution in [-0.4, -0.2) is 27.5 Å². The highest BCUT2D eigenvalue weighted by atomic mass is 32.2. The lowest BCUT2D eigenvalue weighted by Gasteiger charge is -2.17. The molecule has 0 heterocycles. The number of sulfonamides is 1. The van der Waals surface area contributed by atoms with Gasteiger partial charge in [0, 0.05) is 5.69 Å². The van der Waals surface area contributed by atoms with Gasteiger partial charge in [0.15, 0.2) is 6.10 Å². The monoisotopic (exact) mass is 472 g/mol. The standard InChI is InChI=1S/C24H25FN2O5S/c1-4-22(32-19-10-6-17(25)7-11-19)24(28)26-18-8-12-20(13-9-18)33(29,30)27-21-15-16(2)5-14-23(21)31-3/h5-15,22,27H,4H2,1-3H3,(H,26,28)/t22-/m1/s1. The van der Waals surface area contributed by atoms with Crippen LogP contribution < -0.4 is 19.5 Å². The first kappa shape index (κ1) is 24.1. The summed E-state index contributed by atoms with van der Waals surface area (Å²) in [5, 5.41) is 2.71. The number of hydrogen-bond donors (Lipinski definition) is 2.